The first-order valence-corrected chi connectivity index (χ1v) is 7.09. The molecule has 0 heterocycles. The molecule has 1 nitrogen and oxygen atoms in total. The maximum atomic E-state index is 13.8. The molecule has 2 aromatic carbocycles. The Morgan fingerprint density at radius 3 is 2.68 bits per heavy atom. The van der Waals surface area contributed by atoms with Crippen LogP contribution in [0.5, 0.6) is 0 Å². The van der Waals surface area contributed by atoms with E-state index in [0.29, 0.717) is 5.56 Å². The van der Waals surface area contributed by atoms with Gasteiger partial charge in [0.15, 0.2) is 0 Å². The molecule has 1 unspecified atom stereocenters. The van der Waals surface area contributed by atoms with Crippen molar-refractivity contribution in [2.45, 2.75) is 26.4 Å². The summed E-state index contributed by atoms with van der Waals surface area (Å²) < 4.78 is 14.6. The minimum absolute atomic E-state index is 0.0198. The van der Waals surface area contributed by atoms with Gasteiger partial charge in [-0.3, -0.25) is 0 Å². The lowest BCUT2D eigenvalue weighted by molar-refractivity contribution is 0.528. The Balaban J connectivity index is 2.03. The number of hydrogen-bond acceptors (Lipinski definition) is 1. The van der Waals surface area contributed by atoms with Crippen LogP contribution < -0.4 is 5.32 Å². The number of hydrogen-bond donors (Lipinski definition) is 1. The van der Waals surface area contributed by atoms with Crippen molar-refractivity contribution in [2.75, 3.05) is 0 Å². The van der Waals surface area contributed by atoms with Gasteiger partial charge in [0.05, 0.1) is 0 Å². The predicted molar refractivity (Wildman–Crippen MR) is 80.5 cm³/mol. The monoisotopic (exact) mass is 321 g/mol. The average Bonchev–Trinajstić information content (AvgIpc) is 2.36. The van der Waals surface area contributed by atoms with Crippen molar-refractivity contribution in [1.82, 2.24) is 5.32 Å². The smallest absolute Gasteiger partial charge is 0.129 e. The van der Waals surface area contributed by atoms with Crippen molar-refractivity contribution >= 4 is 15.9 Å². The molecule has 1 atom stereocenters. The Morgan fingerprint density at radius 1 is 1.21 bits per heavy atom. The highest BCUT2D eigenvalue weighted by Gasteiger charge is 2.10. The van der Waals surface area contributed by atoms with E-state index in [1.165, 1.54) is 17.2 Å². The summed E-state index contributed by atoms with van der Waals surface area (Å²) in [4.78, 5) is 0. The molecular formula is C16H17BrFN. The van der Waals surface area contributed by atoms with Gasteiger partial charge in [-0.2, -0.15) is 0 Å². The van der Waals surface area contributed by atoms with Gasteiger partial charge < -0.3 is 5.32 Å². The Bertz CT molecular complexity index is 568. The molecule has 0 spiro atoms. The second-order valence-corrected chi connectivity index (χ2v) is 5.67. The minimum atomic E-state index is -0.182. The molecule has 19 heavy (non-hydrogen) atoms. The minimum Gasteiger partial charge on any atom is -0.306 e. The van der Waals surface area contributed by atoms with E-state index in [9.17, 15) is 4.39 Å². The summed E-state index contributed by atoms with van der Waals surface area (Å²) in [5.74, 6) is -0.182. The van der Waals surface area contributed by atoms with Crippen molar-refractivity contribution in [2.24, 2.45) is 0 Å². The fourth-order valence-corrected chi connectivity index (χ4v) is 2.39. The van der Waals surface area contributed by atoms with Gasteiger partial charge in [0.1, 0.15) is 5.82 Å². The Labute approximate surface area is 122 Å². The summed E-state index contributed by atoms with van der Waals surface area (Å²) in [6, 6.07) is 13.5. The van der Waals surface area contributed by atoms with Gasteiger partial charge in [0.25, 0.3) is 0 Å². The van der Waals surface area contributed by atoms with Crippen LogP contribution in [-0.4, -0.2) is 0 Å². The maximum Gasteiger partial charge on any atom is 0.129 e. The Kier molecular flexibility index (Phi) is 4.72. The first-order valence-electron chi connectivity index (χ1n) is 6.30. The van der Waals surface area contributed by atoms with Gasteiger partial charge in [0, 0.05) is 22.6 Å². The van der Waals surface area contributed by atoms with Gasteiger partial charge in [-0.05, 0) is 31.5 Å². The fraction of sp³-hybridized carbons (Fsp3) is 0.250. The third-order valence-corrected chi connectivity index (χ3v) is 3.62. The van der Waals surface area contributed by atoms with Crippen molar-refractivity contribution in [1.29, 1.82) is 0 Å². The molecular weight excluding hydrogens is 305 g/mol. The molecule has 100 valence electrons. The summed E-state index contributed by atoms with van der Waals surface area (Å²) in [5, 5.41) is 3.35. The van der Waals surface area contributed by atoms with E-state index in [0.717, 1.165) is 11.0 Å². The molecule has 0 radical (unpaired) electrons. The third-order valence-electron chi connectivity index (χ3n) is 3.12. The van der Waals surface area contributed by atoms with Crippen LogP contribution in [0.4, 0.5) is 4.39 Å². The molecule has 0 aliphatic rings. The normalized spacial score (nSPS) is 12.4. The summed E-state index contributed by atoms with van der Waals surface area (Å²) in [6.45, 7) is 4.78. The average molecular weight is 322 g/mol. The summed E-state index contributed by atoms with van der Waals surface area (Å²) in [6.07, 6.45) is 0. The molecule has 0 bridgehead atoms. The molecule has 0 amide bonds. The second-order valence-electron chi connectivity index (χ2n) is 4.76. The summed E-state index contributed by atoms with van der Waals surface area (Å²) in [5.41, 5.74) is 3.14. The van der Waals surface area contributed by atoms with Crippen LogP contribution >= 0.6 is 15.9 Å². The first-order chi connectivity index (χ1) is 9.06. The molecule has 0 saturated heterocycles. The van der Waals surface area contributed by atoms with Crippen LogP contribution in [0.3, 0.4) is 0 Å². The standard InChI is InChI=1S/C16H17BrFN/c1-11-4-3-5-13(8-11)10-19-12(2)15-7-6-14(17)9-16(15)18/h3-9,12,19H,10H2,1-2H3. The van der Waals surface area contributed by atoms with Gasteiger partial charge in [0.2, 0.25) is 0 Å². The Hall–Kier alpha value is -1.19. The number of rotatable bonds is 4. The van der Waals surface area contributed by atoms with E-state index in [-0.39, 0.29) is 11.9 Å². The quantitative estimate of drug-likeness (QED) is 0.857. The zero-order chi connectivity index (χ0) is 13.8. The number of halogens is 2. The molecule has 1 N–H and O–H groups in total. The van der Waals surface area contributed by atoms with Crippen molar-refractivity contribution < 1.29 is 4.39 Å². The largest absolute Gasteiger partial charge is 0.306 e. The molecule has 2 aromatic rings. The van der Waals surface area contributed by atoms with Crippen molar-refractivity contribution in [3.8, 4) is 0 Å². The van der Waals surface area contributed by atoms with Gasteiger partial charge in [-0.15, -0.1) is 0 Å². The van der Waals surface area contributed by atoms with Crippen LogP contribution in [0.2, 0.25) is 0 Å². The number of benzene rings is 2. The van der Waals surface area contributed by atoms with E-state index < -0.39 is 0 Å². The molecule has 0 aromatic heterocycles. The number of aryl methyl sites for hydroxylation is 1. The zero-order valence-electron chi connectivity index (χ0n) is 11.1. The van der Waals surface area contributed by atoms with Crippen LogP contribution in [0.15, 0.2) is 46.9 Å². The lowest BCUT2D eigenvalue weighted by atomic mass is 10.1. The van der Waals surface area contributed by atoms with E-state index >= 15 is 0 Å². The molecule has 0 aliphatic carbocycles. The van der Waals surface area contributed by atoms with E-state index in [2.05, 4.69) is 46.4 Å². The Morgan fingerprint density at radius 2 is 2.00 bits per heavy atom. The fourth-order valence-electron chi connectivity index (χ4n) is 2.06. The molecule has 0 fully saturated rings. The lowest BCUT2D eigenvalue weighted by Crippen LogP contribution is -2.19. The van der Waals surface area contributed by atoms with Crippen LogP contribution in [0, 0.1) is 12.7 Å². The highest BCUT2D eigenvalue weighted by molar-refractivity contribution is 9.10. The third kappa shape index (κ3) is 3.88. The van der Waals surface area contributed by atoms with Crippen LogP contribution in [0.1, 0.15) is 29.7 Å². The predicted octanol–water partition coefficient (Wildman–Crippen LogP) is 4.75. The number of nitrogens with one attached hydrogen (secondary N) is 1. The SMILES string of the molecule is Cc1cccc(CNC(C)c2ccc(Br)cc2F)c1. The first kappa shape index (κ1) is 14.2. The van der Waals surface area contributed by atoms with E-state index in [4.69, 9.17) is 0 Å². The van der Waals surface area contributed by atoms with Gasteiger partial charge in [-0.25, -0.2) is 4.39 Å². The molecule has 3 heteroatoms. The topological polar surface area (TPSA) is 12.0 Å². The molecule has 0 aliphatic heterocycles. The second kappa shape index (κ2) is 6.31. The van der Waals surface area contributed by atoms with Crippen molar-refractivity contribution in [3.05, 3.63) is 69.4 Å². The summed E-state index contributed by atoms with van der Waals surface area (Å²) in [7, 11) is 0. The van der Waals surface area contributed by atoms with Crippen LogP contribution in [0.25, 0.3) is 0 Å². The summed E-state index contributed by atoms with van der Waals surface area (Å²) >= 11 is 3.27. The highest BCUT2D eigenvalue weighted by atomic mass is 79.9. The van der Waals surface area contributed by atoms with Crippen LogP contribution in [-0.2, 0) is 6.54 Å². The molecule has 0 saturated carbocycles. The lowest BCUT2D eigenvalue weighted by Gasteiger charge is -2.15. The van der Waals surface area contributed by atoms with Crippen molar-refractivity contribution in [3.63, 3.8) is 0 Å². The van der Waals surface area contributed by atoms with E-state index in [1.807, 2.05) is 25.1 Å². The zero-order valence-corrected chi connectivity index (χ0v) is 12.7. The maximum absolute atomic E-state index is 13.8. The van der Waals surface area contributed by atoms with Gasteiger partial charge >= 0.3 is 0 Å². The van der Waals surface area contributed by atoms with E-state index in [1.54, 1.807) is 0 Å². The molecule has 2 rings (SSSR count). The highest BCUT2D eigenvalue weighted by Crippen LogP contribution is 2.21. The van der Waals surface area contributed by atoms with Gasteiger partial charge in [-0.1, -0.05) is 51.8 Å².